The minimum atomic E-state index is -4.49. The standard InChI is InChI=1S/C30H51F3N2O3S/c1-4-6-10-22-35(23-11-7-5-2)24-12-8-9-13-25-38-28-18-16-27(17-19-28)34(3)39(36,37)29-20-14-26(15-21-29)30(31,32)33/h14-15,20-21,27-28H,4-13,16-19,22-25H2,1-3H3. The molecule has 1 saturated carbocycles. The first-order valence-corrected chi connectivity index (χ1v) is 16.5. The molecule has 0 saturated heterocycles. The molecular formula is C30H51F3N2O3S. The highest BCUT2D eigenvalue weighted by molar-refractivity contribution is 7.89. The fraction of sp³-hybridized carbons (Fsp3) is 0.800. The van der Waals surface area contributed by atoms with Crippen molar-refractivity contribution in [3.63, 3.8) is 0 Å². The quantitative estimate of drug-likeness (QED) is 0.157. The SMILES string of the molecule is CCCCCN(CCCCC)CCCCCCOC1CCC(N(C)S(=O)(=O)c2ccc(C(F)(F)F)cc2)CC1. The third-order valence-electron chi connectivity index (χ3n) is 7.89. The Balaban J connectivity index is 1.64. The molecule has 0 heterocycles. The first kappa shape index (κ1) is 34.0. The third kappa shape index (κ3) is 12.1. The smallest absolute Gasteiger partial charge is 0.378 e. The van der Waals surface area contributed by atoms with Crippen LogP contribution in [0.3, 0.4) is 0 Å². The molecule has 0 aliphatic heterocycles. The van der Waals surface area contributed by atoms with E-state index in [1.807, 2.05) is 0 Å². The summed E-state index contributed by atoms with van der Waals surface area (Å²) in [5.41, 5.74) is -0.853. The van der Waals surface area contributed by atoms with Crippen molar-refractivity contribution in [1.29, 1.82) is 0 Å². The topological polar surface area (TPSA) is 49.9 Å². The lowest BCUT2D eigenvalue weighted by Gasteiger charge is -2.34. The minimum absolute atomic E-state index is 0.110. The predicted octanol–water partition coefficient (Wildman–Crippen LogP) is 7.90. The lowest BCUT2D eigenvalue weighted by Crippen LogP contribution is -2.40. The second-order valence-electron chi connectivity index (χ2n) is 11.0. The van der Waals surface area contributed by atoms with Gasteiger partial charge in [0.2, 0.25) is 10.0 Å². The first-order chi connectivity index (χ1) is 18.6. The Morgan fingerprint density at radius 3 is 1.82 bits per heavy atom. The van der Waals surface area contributed by atoms with Gasteiger partial charge in [0.1, 0.15) is 0 Å². The van der Waals surface area contributed by atoms with Crippen LogP contribution in [-0.2, 0) is 20.9 Å². The highest BCUT2D eigenvalue weighted by atomic mass is 32.2. The Labute approximate surface area is 235 Å². The lowest BCUT2D eigenvalue weighted by atomic mass is 9.93. The summed E-state index contributed by atoms with van der Waals surface area (Å²) in [6.07, 6.45) is 11.1. The largest absolute Gasteiger partial charge is 0.416 e. The van der Waals surface area contributed by atoms with E-state index in [2.05, 4.69) is 18.7 Å². The van der Waals surface area contributed by atoms with Gasteiger partial charge in [-0.25, -0.2) is 8.42 Å². The van der Waals surface area contributed by atoms with Crippen LogP contribution >= 0.6 is 0 Å². The number of unbranched alkanes of at least 4 members (excludes halogenated alkanes) is 7. The van der Waals surface area contributed by atoms with E-state index in [1.165, 1.54) is 88.8 Å². The fourth-order valence-corrected chi connectivity index (χ4v) is 6.72. The van der Waals surface area contributed by atoms with Gasteiger partial charge < -0.3 is 9.64 Å². The molecule has 1 aromatic rings. The van der Waals surface area contributed by atoms with Gasteiger partial charge in [0.25, 0.3) is 0 Å². The zero-order valence-electron chi connectivity index (χ0n) is 24.4. The second kappa shape index (κ2) is 17.6. The van der Waals surface area contributed by atoms with Gasteiger partial charge in [-0.1, -0.05) is 52.4 Å². The average molecular weight is 577 g/mol. The normalized spacial score (nSPS) is 18.8. The molecular weight excluding hydrogens is 525 g/mol. The van der Waals surface area contributed by atoms with E-state index in [4.69, 9.17) is 4.74 Å². The first-order valence-electron chi connectivity index (χ1n) is 15.1. The molecule has 0 spiro atoms. The van der Waals surface area contributed by atoms with Crippen molar-refractivity contribution in [1.82, 2.24) is 9.21 Å². The second-order valence-corrected chi connectivity index (χ2v) is 13.0. The summed E-state index contributed by atoms with van der Waals surface area (Å²) < 4.78 is 71.8. The Bertz CT molecular complexity index is 876. The molecule has 39 heavy (non-hydrogen) atoms. The van der Waals surface area contributed by atoms with Crippen LogP contribution in [0.15, 0.2) is 29.2 Å². The number of hydrogen-bond donors (Lipinski definition) is 0. The highest BCUT2D eigenvalue weighted by Crippen LogP contribution is 2.32. The van der Waals surface area contributed by atoms with Crippen molar-refractivity contribution in [3.05, 3.63) is 29.8 Å². The number of sulfonamides is 1. The molecule has 0 N–H and O–H groups in total. The van der Waals surface area contributed by atoms with Gasteiger partial charge in [-0.05, 0) is 95.3 Å². The van der Waals surface area contributed by atoms with Gasteiger partial charge in [0.15, 0.2) is 0 Å². The summed E-state index contributed by atoms with van der Waals surface area (Å²) in [6.45, 7) is 8.90. The van der Waals surface area contributed by atoms with Crippen LogP contribution in [0.2, 0.25) is 0 Å². The summed E-state index contributed by atoms with van der Waals surface area (Å²) in [6, 6.07) is 3.56. The maximum absolute atomic E-state index is 13.0. The van der Waals surface area contributed by atoms with Crippen molar-refractivity contribution in [2.45, 2.75) is 127 Å². The van der Waals surface area contributed by atoms with E-state index in [1.54, 1.807) is 0 Å². The summed E-state index contributed by atoms with van der Waals surface area (Å²) in [4.78, 5) is 2.54. The number of alkyl halides is 3. The van der Waals surface area contributed by atoms with E-state index in [0.29, 0.717) is 12.8 Å². The van der Waals surface area contributed by atoms with Crippen LogP contribution in [0.5, 0.6) is 0 Å². The Hall–Kier alpha value is -1.16. The molecule has 5 nitrogen and oxygen atoms in total. The molecule has 0 atom stereocenters. The number of benzene rings is 1. The summed E-state index contributed by atoms with van der Waals surface area (Å²) in [5, 5.41) is 0. The number of ether oxygens (including phenoxy) is 1. The maximum atomic E-state index is 13.0. The van der Waals surface area contributed by atoms with E-state index in [9.17, 15) is 21.6 Å². The lowest BCUT2D eigenvalue weighted by molar-refractivity contribution is -0.137. The molecule has 9 heteroatoms. The molecule has 1 fully saturated rings. The molecule has 2 rings (SSSR count). The summed E-state index contributed by atoms with van der Waals surface area (Å²) in [7, 11) is -2.32. The highest BCUT2D eigenvalue weighted by Gasteiger charge is 2.34. The number of hydrogen-bond acceptors (Lipinski definition) is 4. The Morgan fingerprint density at radius 2 is 1.31 bits per heavy atom. The van der Waals surface area contributed by atoms with Crippen LogP contribution in [-0.4, -0.2) is 63.1 Å². The van der Waals surface area contributed by atoms with Crippen molar-refractivity contribution >= 4 is 10.0 Å². The van der Waals surface area contributed by atoms with Crippen LogP contribution in [0, 0.1) is 0 Å². The molecule has 0 aromatic heterocycles. The van der Waals surface area contributed by atoms with Gasteiger partial charge in [-0.15, -0.1) is 0 Å². The van der Waals surface area contributed by atoms with E-state index < -0.39 is 21.8 Å². The molecule has 0 radical (unpaired) electrons. The predicted molar refractivity (Wildman–Crippen MR) is 152 cm³/mol. The molecule has 1 aliphatic carbocycles. The van der Waals surface area contributed by atoms with Gasteiger partial charge in [-0.3, -0.25) is 0 Å². The van der Waals surface area contributed by atoms with Crippen LogP contribution < -0.4 is 0 Å². The summed E-state index contributed by atoms with van der Waals surface area (Å²) in [5.74, 6) is 0. The number of nitrogens with zero attached hydrogens (tertiary/aromatic N) is 2. The Morgan fingerprint density at radius 1 is 0.795 bits per heavy atom. The van der Waals surface area contributed by atoms with E-state index >= 15 is 0 Å². The summed E-state index contributed by atoms with van der Waals surface area (Å²) >= 11 is 0. The van der Waals surface area contributed by atoms with E-state index in [0.717, 1.165) is 50.1 Å². The monoisotopic (exact) mass is 576 g/mol. The third-order valence-corrected chi connectivity index (χ3v) is 9.82. The van der Waals surface area contributed by atoms with Crippen molar-refractivity contribution < 1.29 is 26.3 Å². The van der Waals surface area contributed by atoms with Gasteiger partial charge in [0.05, 0.1) is 16.6 Å². The molecule has 0 unspecified atom stereocenters. The van der Waals surface area contributed by atoms with Crippen LogP contribution in [0.25, 0.3) is 0 Å². The molecule has 0 bridgehead atoms. The minimum Gasteiger partial charge on any atom is -0.378 e. The molecule has 226 valence electrons. The van der Waals surface area contributed by atoms with Crippen LogP contribution in [0.4, 0.5) is 13.2 Å². The zero-order chi connectivity index (χ0) is 28.7. The Kier molecular flexibility index (Phi) is 15.4. The number of rotatable bonds is 19. The van der Waals surface area contributed by atoms with Crippen molar-refractivity contribution in [3.8, 4) is 0 Å². The average Bonchev–Trinajstić information content (AvgIpc) is 2.92. The van der Waals surface area contributed by atoms with Gasteiger partial charge in [0, 0.05) is 19.7 Å². The van der Waals surface area contributed by atoms with Crippen LogP contribution in [0.1, 0.15) is 109 Å². The van der Waals surface area contributed by atoms with E-state index in [-0.39, 0.29) is 17.0 Å². The molecule has 1 aliphatic rings. The fourth-order valence-electron chi connectivity index (χ4n) is 5.30. The van der Waals surface area contributed by atoms with Gasteiger partial charge in [-0.2, -0.15) is 17.5 Å². The van der Waals surface area contributed by atoms with Crippen molar-refractivity contribution in [2.24, 2.45) is 0 Å². The number of halogens is 3. The maximum Gasteiger partial charge on any atom is 0.416 e. The van der Waals surface area contributed by atoms with Gasteiger partial charge >= 0.3 is 6.18 Å². The molecule has 0 amide bonds. The molecule has 1 aromatic carbocycles. The van der Waals surface area contributed by atoms with Crippen molar-refractivity contribution in [2.75, 3.05) is 33.3 Å². The zero-order valence-corrected chi connectivity index (χ0v) is 25.2.